The molecule has 0 saturated carbocycles. The number of aromatic nitrogens is 1. The predicted molar refractivity (Wildman–Crippen MR) is 112 cm³/mol. The van der Waals surface area contributed by atoms with Gasteiger partial charge in [-0.1, -0.05) is 36.4 Å². The summed E-state index contributed by atoms with van der Waals surface area (Å²) in [4.78, 5) is 44.3. The molecule has 1 atom stereocenters. The van der Waals surface area contributed by atoms with Gasteiger partial charge >= 0.3 is 0 Å². The molecule has 1 aromatic carbocycles. The monoisotopic (exact) mass is 415 g/mol. The predicted octanol–water partition coefficient (Wildman–Crippen LogP) is 2.92. The molecule has 0 spiro atoms. The molecule has 6 nitrogen and oxygen atoms in total. The lowest BCUT2D eigenvalue weighted by atomic mass is 9.89. The lowest BCUT2D eigenvalue weighted by Gasteiger charge is -2.20. The van der Waals surface area contributed by atoms with E-state index in [9.17, 15) is 14.4 Å². The normalized spacial score (nSPS) is 11.7. The van der Waals surface area contributed by atoms with Gasteiger partial charge in [0.1, 0.15) is 5.78 Å². The number of hydrogen-bond donors (Lipinski definition) is 1. The molecule has 2 aromatic rings. The smallest absolute Gasteiger partial charge is 0.223 e. The van der Waals surface area contributed by atoms with Gasteiger partial charge in [0.25, 0.3) is 0 Å². The number of pyridine rings is 1. The fraction of sp³-hybridized carbons (Fsp3) is 0.364. The minimum absolute atomic E-state index is 0.0153. The molecule has 1 N–H and O–H groups in total. The molecule has 2 rings (SSSR count). The molecule has 1 heterocycles. The minimum atomic E-state index is -0.234. The van der Waals surface area contributed by atoms with Gasteiger partial charge in [-0.3, -0.25) is 19.4 Å². The molecule has 0 aliphatic heterocycles. The average molecular weight is 416 g/mol. The van der Waals surface area contributed by atoms with Crippen LogP contribution in [0.3, 0.4) is 0 Å². The number of Topliss-reactive ketones (excluding diaryl/α,β-unsaturated/α-hetero) is 2. The van der Waals surface area contributed by atoms with Gasteiger partial charge in [0.2, 0.25) is 5.91 Å². The van der Waals surface area contributed by atoms with Crippen LogP contribution in [0.25, 0.3) is 0 Å². The summed E-state index contributed by atoms with van der Waals surface area (Å²) in [5, 5.41) is 0. The number of ketones is 2. The van der Waals surface area contributed by atoms with Gasteiger partial charge in [-0.2, -0.15) is 0 Å². The fourth-order valence-electron chi connectivity index (χ4n) is 3.10. The molecule has 0 fully saturated rings. The van der Waals surface area contributed by atoms with Gasteiger partial charge in [-0.25, -0.2) is 4.84 Å². The van der Waals surface area contributed by atoms with Crippen LogP contribution in [0.1, 0.15) is 36.4 Å². The van der Waals surface area contributed by atoms with Crippen molar-refractivity contribution in [2.75, 3.05) is 20.1 Å². The molecule has 0 radical (unpaired) electrons. The number of carbonyl (C=O) groups excluding carboxylic acids is 3. The quantitative estimate of drug-likeness (QED) is 0.539. The summed E-state index contributed by atoms with van der Waals surface area (Å²) in [5.41, 5.74) is 1.99. The first-order valence-corrected chi connectivity index (χ1v) is 9.93. The molecule has 1 amide bonds. The van der Waals surface area contributed by atoms with E-state index in [2.05, 4.69) is 9.82 Å². The lowest BCUT2D eigenvalue weighted by Crippen LogP contribution is -2.33. The highest BCUT2D eigenvalue weighted by atomic mass is 35.5. The van der Waals surface area contributed by atoms with E-state index in [1.165, 1.54) is 4.90 Å². The van der Waals surface area contributed by atoms with Crippen molar-refractivity contribution in [2.24, 2.45) is 0 Å². The summed E-state index contributed by atoms with van der Waals surface area (Å²) in [6.45, 7) is 0.0378. The van der Waals surface area contributed by atoms with E-state index in [-0.39, 0.29) is 49.3 Å². The van der Waals surface area contributed by atoms with Gasteiger partial charge in [-0.15, -0.1) is 0 Å². The lowest BCUT2D eigenvalue weighted by molar-refractivity contribution is -0.135. The Morgan fingerprint density at radius 2 is 1.76 bits per heavy atom. The Balaban J connectivity index is 1.95. The highest BCUT2D eigenvalue weighted by Gasteiger charge is 2.20. The Bertz CT molecular complexity index is 799. The maximum atomic E-state index is 12.7. The van der Waals surface area contributed by atoms with Gasteiger partial charge < -0.3 is 4.90 Å². The third-order valence-electron chi connectivity index (χ3n) is 4.65. The number of carbonyl (C=O) groups is 3. The number of rotatable bonds is 12. The van der Waals surface area contributed by atoms with Crippen molar-refractivity contribution in [1.82, 2.24) is 14.7 Å². The largest absolute Gasteiger partial charge is 0.338 e. The zero-order chi connectivity index (χ0) is 21.1. The average Bonchev–Trinajstić information content (AvgIpc) is 2.73. The molecule has 1 aromatic heterocycles. The Morgan fingerprint density at radius 3 is 2.41 bits per heavy atom. The van der Waals surface area contributed by atoms with Crippen LogP contribution in [0.4, 0.5) is 0 Å². The van der Waals surface area contributed by atoms with E-state index in [0.717, 1.165) is 11.3 Å². The number of amides is 1. The van der Waals surface area contributed by atoms with E-state index < -0.39 is 0 Å². The van der Waals surface area contributed by atoms with E-state index in [0.29, 0.717) is 12.8 Å². The van der Waals surface area contributed by atoms with E-state index in [1.54, 1.807) is 13.2 Å². The molecule has 29 heavy (non-hydrogen) atoms. The molecule has 0 aliphatic rings. The third-order valence-corrected chi connectivity index (χ3v) is 4.78. The zero-order valence-corrected chi connectivity index (χ0v) is 17.3. The second-order valence-electron chi connectivity index (χ2n) is 6.97. The van der Waals surface area contributed by atoms with E-state index >= 15 is 0 Å². The van der Waals surface area contributed by atoms with Crippen molar-refractivity contribution in [1.29, 1.82) is 0 Å². The topological polar surface area (TPSA) is 79.4 Å². The highest BCUT2D eigenvalue weighted by molar-refractivity contribution is 6.14. The maximum Gasteiger partial charge on any atom is 0.223 e. The van der Waals surface area contributed by atoms with Crippen LogP contribution in [0.15, 0.2) is 54.7 Å². The molecular formula is C22H26ClN3O3. The Morgan fingerprint density at radius 1 is 1.03 bits per heavy atom. The second kappa shape index (κ2) is 12.1. The number of halogens is 1. The Kier molecular flexibility index (Phi) is 9.47. The summed E-state index contributed by atoms with van der Waals surface area (Å²) >= 11 is 5.28. The van der Waals surface area contributed by atoms with Gasteiger partial charge in [0, 0.05) is 38.2 Å². The van der Waals surface area contributed by atoms with Crippen LogP contribution >= 0.6 is 11.8 Å². The van der Waals surface area contributed by atoms with Gasteiger partial charge in [0.15, 0.2) is 5.78 Å². The van der Waals surface area contributed by atoms with Gasteiger partial charge in [-0.05, 0) is 41.8 Å². The first-order valence-electron chi connectivity index (χ1n) is 9.55. The summed E-state index contributed by atoms with van der Waals surface area (Å²) in [6, 6.07) is 15.6. The van der Waals surface area contributed by atoms with Crippen molar-refractivity contribution in [3.8, 4) is 0 Å². The number of nitrogens with one attached hydrogen (secondary N) is 1. The number of nitrogens with zero attached hydrogens (tertiary/aromatic N) is 2. The number of hydrogen-bond acceptors (Lipinski definition) is 5. The van der Waals surface area contributed by atoms with E-state index in [1.807, 2.05) is 48.5 Å². The number of benzene rings is 1. The highest BCUT2D eigenvalue weighted by Crippen LogP contribution is 2.24. The summed E-state index contributed by atoms with van der Waals surface area (Å²) in [7, 11) is 1.58. The summed E-state index contributed by atoms with van der Waals surface area (Å²) < 4.78 is 0. The Hall–Kier alpha value is -2.57. The standard InChI is InChI=1S/C22H26ClN3O3/c1-26(22(29)11-10-20(27)15-25-23)16-21(28)14-18(17-7-3-2-4-8-17)13-19-9-5-6-12-24-19/h2-9,12,18,25H,10-11,13-16H2,1H3/t18-/m1/s1. The van der Waals surface area contributed by atoms with Crippen molar-refractivity contribution >= 4 is 29.3 Å². The summed E-state index contributed by atoms with van der Waals surface area (Å²) in [5.74, 6) is -0.423. The maximum absolute atomic E-state index is 12.7. The zero-order valence-electron chi connectivity index (χ0n) is 16.5. The number of likely N-dealkylation sites (N-methyl/N-ethyl adjacent to an activating group) is 1. The van der Waals surface area contributed by atoms with Crippen molar-refractivity contribution in [3.63, 3.8) is 0 Å². The van der Waals surface area contributed by atoms with Crippen LogP contribution in [0.5, 0.6) is 0 Å². The van der Waals surface area contributed by atoms with E-state index in [4.69, 9.17) is 11.8 Å². The van der Waals surface area contributed by atoms with Crippen LogP contribution in [0, 0.1) is 0 Å². The molecule has 0 aliphatic carbocycles. The summed E-state index contributed by atoms with van der Waals surface area (Å²) in [6.07, 6.45) is 2.87. The fourth-order valence-corrected chi connectivity index (χ4v) is 3.25. The van der Waals surface area contributed by atoms with Gasteiger partial charge in [0.05, 0.1) is 13.1 Å². The van der Waals surface area contributed by atoms with Crippen LogP contribution < -0.4 is 4.84 Å². The van der Waals surface area contributed by atoms with Crippen LogP contribution in [-0.4, -0.2) is 47.5 Å². The third kappa shape index (κ3) is 8.13. The van der Waals surface area contributed by atoms with Crippen LogP contribution in [-0.2, 0) is 20.8 Å². The molecule has 0 bridgehead atoms. The molecule has 0 saturated heterocycles. The first kappa shape index (κ1) is 22.7. The molecule has 154 valence electrons. The van der Waals surface area contributed by atoms with Crippen molar-refractivity contribution < 1.29 is 14.4 Å². The van der Waals surface area contributed by atoms with Crippen molar-refractivity contribution in [2.45, 2.75) is 31.6 Å². The van der Waals surface area contributed by atoms with Crippen molar-refractivity contribution in [3.05, 3.63) is 66.0 Å². The first-order chi connectivity index (χ1) is 14.0. The molecular weight excluding hydrogens is 390 g/mol. The van der Waals surface area contributed by atoms with Crippen LogP contribution in [0.2, 0.25) is 0 Å². The molecule has 7 heteroatoms. The Labute approximate surface area is 176 Å². The molecule has 0 unspecified atom stereocenters. The minimum Gasteiger partial charge on any atom is -0.338 e. The second-order valence-corrected chi connectivity index (χ2v) is 7.24. The SMILES string of the molecule is CN(CC(=O)C[C@@H](Cc1ccccn1)c1ccccc1)C(=O)CCC(=O)CNCl.